The Hall–Kier alpha value is -2.04. The summed E-state index contributed by atoms with van der Waals surface area (Å²) in [5.41, 5.74) is 9.62. The van der Waals surface area contributed by atoms with E-state index >= 15 is 0 Å². The molecule has 23 heavy (non-hydrogen) atoms. The highest BCUT2D eigenvalue weighted by Gasteiger charge is 2.26. The summed E-state index contributed by atoms with van der Waals surface area (Å²) < 4.78 is 5.40. The second kappa shape index (κ2) is 7.49. The van der Waals surface area contributed by atoms with Gasteiger partial charge in [-0.2, -0.15) is 0 Å². The fourth-order valence-electron chi connectivity index (χ4n) is 3.00. The van der Waals surface area contributed by atoms with E-state index in [2.05, 4.69) is 11.4 Å². The molecule has 0 aliphatic heterocycles. The number of nitrogens with one attached hydrogen (secondary N) is 1. The molecule has 0 radical (unpaired) electrons. The summed E-state index contributed by atoms with van der Waals surface area (Å²) in [4.78, 5) is 12.4. The van der Waals surface area contributed by atoms with Crippen LogP contribution >= 0.6 is 12.4 Å². The van der Waals surface area contributed by atoms with Crippen LogP contribution in [0.2, 0.25) is 0 Å². The highest BCUT2D eigenvalue weighted by molar-refractivity contribution is 5.94. The van der Waals surface area contributed by atoms with Crippen molar-refractivity contribution in [1.29, 1.82) is 0 Å². The molecule has 2 aromatic rings. The zero-order valence-electron chi connectivity index (χ0n) is 13.0. The molecule has 0 saturated heterocycles. The molecule has 5 heteroatoms. The van der Waals surface area contributed by atoms with Crippen molar-refractivity contribution in [3.8, 4) is 5.75 Å². The first-order valence-electron chi connectivity index (χ1n) is 7.48. The standard InChI is InChI=1S/C18H20N2O2.ClH/c1-22-17-4-2-3-14-15(17)9-10-16(14)20-18(21)13-7-5-12(11-19)6-8-13;/h2-8,16H,9-11,19H2,1H3,(H,20,21);1H. The largest absolute Gasteiger partial charge is 0.496 e. The van der Waals surface area contributed by atoms with Crippen molar-refractivity contribution >= 4 is 18.3 Å². The van der Waals surface area contributed by atoms with Crippen LogP contribution in [0, 0.1) is 0 Å². The van der Waals surface area contributed by atoms with Crippen molar-refractivity contribution in [3.05, 3.63) is 64.7 Å². The van der Waals surface area contributed by atoms with Crippen molar-refractivity contribution in [2.24, 2.45) is 5.73 Å². The molecule has 122 valence electrons. The van der Waals surface area contributed by atoms with Gasteiger partial charge in [-0.3, -0.25) is 4.79 Å². The number of carbonyl (C=O) groups is 1. The van der Waals surface area contributed by atoms with Gasteiger partial charge < -0.3 is 15.8 Å². The first kappa shape index (κ1) is 17.3. The van der Waals surface area contributed by atoms with Gasteiger partial charge in [-0.25, -0.2) is 0 Å². The molecule has 0 fully saturated rings. The van der Waals surface area contributed by atoms with Gasteiger partial charge >= 0.3 is 0 Å². The number of carbonyl (C=O) groups excluding carboxylic acids is 1. The highest BCUT2D eigenvalue weighted by atomic mass is 35.5. The molecule has 3 N–H and O–H groups in total. The third-order valence-electron chi connectivity index (χ3n) is 4.20. The van der Waals surface area contributed by atoms with Gasteiger partial charge in [0, 0.05) is 12.1 Å². The predicted octanol–water partition coefficient (Wildman–Crippen LogP) is 2.99. The number of ether oxygens (including phenoxy) is 1. The van der Waals surface area contributed by atoms with Gasteiger partial charge in [0.25, 0.3) is 5.91 Å². The Balaban J connectivity index is 0.00000192. The molecular formula is C18H21ClN2O2. The summed E-state index contributed by atoms with van der Waals surface area (Å²) in [5.74, 6) is 0.853. The average Bonchev–Trinajstić information content (AvgIpc) is 2.98. The lowest BCUT2D eigenvalue weighted by Crippen LogP contribution is -2.27. The molecule has 0 aromatic heterocycles. The zero-order valence-corrected chi connectivity index (χ0v) is 13.9. The van der Waals surface area contributed by atoms with Crippen molar-refractivity contribution in [1.82, 2.24) is 5.32 Å². The molecule has 2 aromatic carbocycles. The second-order valence-electron chi connectivity index (χ2n) is 5.49. The smallest absolute Gasteiger partial charge is 0.251 e. The molecule has 1 aliphatic rings. The van der Waals surface area contributed by atoms with Crippen molar-refractivity contribution < 1.29 is 9.53 Å². The van der Waals surface area contributed by atoms with Crippen LogP contribution in [0.3, 0.4) is 0 Å². The maximum Gasteiger partial charge on any atom is 0.251 e. The number of hydrogen-bond donors (Lipinski definition) is 2. The van der Waals surface area contributed by atoms with E-state index in [1.807, 2.05) is 36.4 Å². The van der Waals surface area contributed by atoms with E-state index < -0.39 is 0 Å². The minimum atomic E-state index is -0.0516. The first-order valence-corrected chi connectivity index (χ1v) is 7.48. The molecule has 3 rings (SSSR count). The monoisotopic (exact) mass is 332 g/mol. The molecule has 1 aliphatic carbocycles. The molecule has 0 spiro atoms. The zero-order chi connectivity index (χ0) is 15.5. The van der Waals surface area contributed by atoms with Crippen LogP contribution in [0.5, 0.6) is 5.75 Å². The van der Waals surface area contributed by atoms with E-state index in [0.29, 0.717) is 12.1 Å². The lowest BCUT2D eigenvalue weighted by molar-refractivity contribution is 0.0936. The van der Waals surface area contributed by atoms with Gasteiger partial charge in [0.15, 0.2) is 0 Å². The van der Waals surface area contributed by atoms with Gasteiger partial charge in [-0.05, 0) is 47.7 Å². The molecule has 0 bridgehead atoms. The summed E-state index contributed by atoms with van der Waals surface area (Å²) in [6.45, 7) is 0.484. The molecular weight excluding hydrogens is 312 g/mol. The number of methoxy groups -OCH3 is 1. The summed E-state index contributed by atoms with van der Waals surface area (Å²) in [6, 6.07) is 13.5. The van der Waals surface area contributed by atoms with Crippen molar-refractivity contribution in [2.45, 2.75) is 25.4 Å². The quantitative estimate of drug-likeness (QED) is 0.904. The highest BCUT2D eigenvalue weighted by Crippen LogP contribution is 2.36. The molecule has 1 unspecified atom stereocenters. The van der Waals surface area contributed by atoms with Gasteiger partial charge in [0.05, 0.1) is 13.2 Å². The number of rotatable bonds is 4. The van der Waals surface area contributed by atoms with Gasteiger partial charge in [0.1, 0.15) is 5.75 Å². The summed E-state index contributed by atoms with van der Waals surface area (Å²) >= 11 is 0. The van der Waals surface area contributed by atoms with Crippen molar-refractivity contribution in [2.75, 3.05) is 7.11 Å². The maximum absolute atomic E-state index is 12.4. The Kier molecular flexibility index (Phi) is 5.64. The summed E-state index contributed by atoms with van der Waals surface area (Å²) in [5, 5.41) is 3.11. The maximum atomic E-state index is 12.4. The van der Waals surface area contributed by atoms with Crippen LogP contribution < -0.4 is 15.8 Å². The minimum Gasteiger partial charge on any atom is -0.496 e. The number of benzene rings is 2. The second-order valence-corrected chi connectivity index (χ2v) is 5.49. The van der Waals surface area contributed by atoms with Gasteiger partial charge in [-0.1, -0.05) is 24.3 Å². The predicted molar refractivity (Wildman–Crippen MR) is 93.1 cm³/mol. The van der Waals surface area contributed by atoms with Crippen LogP contribution in [0.1, 0.15) is 39.5 Å². The van der Waals surface area contributed by atoms with E-state index in [9.17, 15) is 4.79 Å². The normalized spacial score (nSPS) is 15.5. The number of fused-ring (bicyclic) bond motifs is 1. The number of halogens is 1. The number of hydrogen-bond acceptors (Lipinski definition) is 3. The summed E-state index contributed by atoms with van der Waals surface area (Å²) in [7, 11) is 1.68. The van der Waals surface area contributed by atoms with Crippen LogP contribution in [0.25, 0.3) is 0 Å². The summed E-state index contributed by atoms with van der Waals surface area (Å²) in [6.07, 6.45) is 1.83. The van der Waals surface area contributed by atoms with Crippen LogP contribution in [-0.4, -0.2) is 13.0 Å². The van der Waals surface area contributed by atoms with E-state index in [1.54, 1.807) is 7.11 Å². The topological polar surface area (TPSA) is 64.3 Å². The van der Waals surface area contributed by atoms with E-state index in [1.165, 1.54) is 5.56 Å². The van der Waals surface area contributed by atoms with Crippen molar-refractivity contribution in [3.63, 3.8) is 0 Å². The van der Waals surface area contributed by atoms with Crippen LogP contribution in [0.15, 0.2) is 42.5 Å². The average molecular weight is 333 g/mol. The fraction of sp³-hybridized carbons (Fsp3) is 0.278. The Labute approximate surface area is 142 Å². The van der Waals surface area contributed by atoms with E-state index in [0.717, 1.165) is 29.7 Å². The number of nitrogens with two attached hydrogens (primary N) is 1. The lowest BCUT2D eigenvalue weighted by Gasteiger charge is -2.15. The van der Waals surface area contributed by atoms with Gasteiger partial charge in [-0.15, -0.1) is 12.4 Å². The third kappa shape index (κ3) is 3.49. The Morgan fingerprint density at radius 3 is 2.65 bits per heavy atom. The molecule has 1 atom stereocenters. The van der Waals surface area contributed by atoms with Crippen LogP contribution in [0.4, 0.5) is 0 Å². The molecule has 4 nitrogen and oxygen atoms in total. The number of amides is 1. The minimum absolute atomic E-state index is 0. The fourth-order valence-corrected chi connectivity index (χ4v) is 3.00. The Morgan fingerprint density at radius 1 is 1.26 bits per heavy atom. The van der Waals surface area contributed by atoms with Crippen LogP contribution in [-0.2, 0) is 13.0 Å². The molecule has 0 saturated carbocycles. The first-order chi connectivity index (χ1) is 10.7. The third-order valence-corrected chi connectivity index (χ3v) is 4.20. The SMILES string of the molecule is COc1cccc2c1CCC2NC(=O)c1ccc(CN)cc1.Cl. The lowest BCUT2D eigenvalue weighted by atomic mass is 10.1. The van der Waals surface area contributed by atoms with E-state index in [-0.39, 0.29) is 24.4 Å². The molecule has 0 heterocycles. The molecule has 1 amide bonds. The van der Waals surface area contributed by atoms with Gasteiger partial charge in [0.2, 0.25) is 0 Å². The van der Waals surface area contributed by atoms with E-state index in [4.69, 9.17) is 10.5 Å². The Morgan fingerprint density at radius 2 is 2.00 bits per heavy atom. The Bertz CT molecular complexity index is 686.